The van der Waals surface area contributed by atoms with Gasteiger partial charge in [0, 0.05) is 0 Å². The van der Waals surface area contributed by atoms with Crippen LogP contribution in [0.5, 0.6) is 5.75 Å². The molecule has 1 aromatic heterocycles. The number of imidazole rings is 1. The van der Waals surface area contributed by atoms with E-state index in [0.29, 0.717) is 11.3 Å². The van der Waals surface area contributed by atoms with Gasteiger partial charge >= 0.3 is 6.18 Å². The first-order valence-corrected chi connectivity index (χ1v) is 8.97. The predicted molar refractivity (Wildman–Crippen MR) is 102 cm³/mol. The van der Waals surface area contributed by atoms with E-state index in [-0.39, 0.29) is 11.0 Å². The van der Waals surface area contributed by atoms with E-state index in [1.807, 2.05) is 6.07 Å². The van der Waals surface area contributed by atoms with Crippen molar-refractivity contribution in [1.82, 2.24) is 20.4 Å². The highest BCUT2D eigenvalue weighted by Gasteiger charge is 2.38. The molecule has 0 unspecified atom stereocenters. The van der Waals surface area contributed by atoms with Crippen LogP contribution in [0.25, 0.3) is 11.0 Å². The summed E-state index contributed by atoms with van der Waals surface area (Å²) in [5.41, 5.74) is 4.83. The normalized spacial score (nSPS) is 12.1. The minimum Gasteiger partial charge on any atom is -0.481 e. The maximum Gasteiger partial charge on any atom is 0.449 e. The third kappa shape index (κ3) is 5.11. The summed E-state index contributed by atoms with van der Waals surface area (Å²) in [5, 5.41) is 8.77. The van der Waals surface area contributed by atoms with Crippen molar-refractivity contribution in [2.45, 2.75) is 25.7 Å². The van der Waals surface area contributed by atoms with Gasteiger partial charge in [-0.05, 0) is 43.3 Å². The van der Waals surface area contributed by atoms with Crippen molar-refractivity contribution in [1.29, 1.82) is 5.26 Å². The van der Waals surface area contributed by atoms with E-state index in [0.717, 1.165) is 4.57 Å². The fourth-order valence-electron chi connectivity index (χ4n) is 2.73. The summed E-state index contributed by atoms with van der Waals surface area (Å²) in [6.45, 7) is 0.714. The highest BCUT2D eigenvalue weighted by molar-refractivity contribution is 5.85. The molecule has 0 spiro atoms. The van der Waals surface area contributed by atoms with E-state index >= 15 is 0 Å². The van der Waals surface area contributed by atoms with Crippen molar-refractivity contribution in [2.75, 3.05) is 0 Å². The van der Waals surface area contributed by atoms with E-state index in [4.69, 9.17) is 10.00 Å². The Morgan fingerprint density at radius 3 is 2.48 bits per heavy atom. The Kier molecular flexibility index (Phi) is 6.10. The van der Waals surface area contributed by atoms with E-state index in [1.54, 1.807) is 0 Å². The molecular weight excluding hydrogens is 415 g/mol. The summed E-state index contributed by atoms with van der Waals surface area (Å²) < 4.78 is 46.0. The number of nitriles is 1. The van der Waals surface area contributed by atoms with E-state index in [2.05, 4.69) is 15.8 Å². The quantitative estimate of drug-likeness (QED) is 0.604. The van der Waals surface area contributed by atoms with Crippen LogP contribution in [0.1, 0.15) is 18.3 Å². The topological polar surface area (TPSA) is 109 Å². The van der Waals surface area contributed by atoms with E-state index in [1.165, 1.54) is 55.5 Å². The van der Waals surface area contributed by atoms with Crippen LogP contribution in [-0.4, -0.2) is 27.5 Å². The van der Waals surface area contributed by atoms with Crippen LogP contribution in [0.4, 0.5) is 13.2 Å². The number of hydrogen-bond acceptors (Lipinski definition) is 5. The van der Waals surface area contributed by atoms with Crippen LogP contribution in [0.3, 0.4) is 0 Å². The molecule has 0 saturated carbocycles. The molecule has 2 N–H and O–H groups in total. The number of carbonyl (C=O) groups is 2. The number of ether oxygens (including phenoxy) is 1. The van der Waals surface area contributed by atoms with E-state index < -0.39 is 36.5 Å². The van der Waals surface area contributed by atoms with Gasteiger partial charge in [0.25, 0.3) is 11.8 Å². The molecule has 11 heteroatoms. The lowest BCUT2D eigenvalue weighted by molar-refractivity contribution is -0.147. The second-order valence-electron chi connectivity index (χ2n) is 6.44. The minimum absolute atomic E-state index is 0.0936. The number of carbonyl (C=O) groups excluding carboxylic acids is 2. The summed E-state index contributed by atoms with van der Waals surface area (Å²) in [6, 6.07) is 13.9. The zero-order valence-corrected chi connectivity index (χ0v) is 16.1. The largest absolute Gasteiger partial charge is 0.481 e. The van der Waals surface area contributed by atoms with Crippen LogP contribution >= 0.6 is 0 Å². The number of rotatable bonds is 5. The molecule has 1 atom stereocenters. The third-order valence-corrected chi connectivity index (χ3v) is 4.20. The molecule has 8 nitrogen and oxygen atoms in total. The number of halogens is 3. The summed E-state index contributed by atoms with van der Waals surface area (Å²) in [5.74, 6) is -2.49. The lowest BCUT2D eigenvalue weighted by Crippen LogP contribution is -2.48. The highest BCUT2D eigenvalue weighted by atomic mass is 19.4. The fraction of sp³-hybridized carbons (Fsp3) is 0.200. The Labute approximate surface area is 174 Å². The predicted octanol–water partition coefficient (Wildman–Crippen LogP) is 2.54. The molecule has 0 fully saturated rings. The number of para-hydroxylation sites is 2. The smallest absolute Gasteiger partial charge is 0.449 e. The Bertz CT molecular complexity index is 1150. The molecule has 0 bridgehead atoms. The Morgan fingerprint density at radius 1 is 1.16 bits per heavy atom. The second kappa shape index (κ2) is 8.74. The van der Waals surface area contributed by atoms with Gasteiger partial charge in [-0.25, -0.2) is 4.98 Å². The summed E-state index contributed by atoms with van der Waals surface area (Å²) in [4.78, 5) is 27.8. The molecule has 0 aliphatic heterocycles. The highest BCUT2D eigenvalue weighted by Crippen LogP contribution is 2.31. The van der Waals surface area contributed by atoms with E-state index in [9.17, 15) is 22.8 Å². The van der Waals surface area contributed by atoms with Gasteiger partial charge in [0.1, 0.15) is 12.3 Å². The van der Waals surface area contributed by atoms with Crippen molar-refractivity contribution in [2.24, 2.45) is 0 Å². The summed E-state index contributed by atoms with van der Waals surface area (Å²) in [7, 11) is 0. The zero-order valence-electron chi connectivity index (χ0n) is 16.1. The molecule has 0 saturated heterocycles. The molecule has 0 radical (unpaired) electrons. The first-order valence-electron chi connectivity index (χ1n) is 8.97. The molecule has 3 aromatic rings. The van der Waals surface area contributed by atoms with Gasteiger partial charge in [-0.2, -0.15) is 18.4 Å². The second-order valence-corrected chi connectivity index (χ2v) is 6.44. The van der Waals surface area contributed by atoms with Gasteiger partial charge in [0.05, 0.1) is 22.7 Å². The molecule has 1 heterocycles. The number of benzene rings is 2. The molecule has 0 aliphatic carbocycles. The van der Waals surface area contributed by atoms with Gasteiger partial charge in [0.2, 0.25) is 5.82 Å². The maximum absolute atomic E-state index is 13.3. The van der Waals surface area contributed by atoms with Gasteiger partial charge in [-0.15, -0.1) is 0 Å². The van der Waals surface area contributed by atoms with Crippen molar-refractivity contribution in [3.63, 3.8) is 0 Å². The van der Waals surface area contributed by atoms with Crippen LogP contribution in [0.2, 0.25) is 0 Å². The monoisotopic (exact) mass is 431 g/mol. The number of hydrogen-bond donors (Lipinski definition) is 2. The Balaban J connectivity index is 1.62. The van der Waals surface area contributed by atoms with Gasteiger partial charge in [0.15, 0.2) is 6.10 Å². The van der Waals surface area contributed by atoms with Crippen molar-refractivity contribution in [3.8, 4) is 11.8 Å². The molecular formula is C20H16F3N5O3. The molecule has 31 heavy (non-hydrogen) atoms. The van der Waals surface area contributed by atoms with Crippen LogP contribution in [0.15, 0.2) is 48.5 Å². The minimum atomic E-state index is -4.76. The van der Waals surface area contributed by atoms with Crippen LogP contribution in [0, 0.1) is 11.3 Å². The first kappa shape index (κ1) is 21.6. The third-order valence-electron chi connectivity index (χ3n) is 4.20. The summed E-state index contributed by atoms with van der Waals surface area (Å²) >= 11 is 0. The average molecular weight is 431 g/mol. The van der Waals surface area contributed by atoms with Crippen molar-refractivity contribution < 1.29 is 27.5 Å². The number of fused-ring (bicyclic) bond motifs is 1. The molecule has 2 aromatic carbocycles. The molecule has 2 amide bonds. The zero-order chi connectivity index (χ0) is 22.6. The van der Waals surface area contributed by atoms with Crippen molar-refractivity contribution in [3.05, 3.63) is 59.9 Å². The van der Waals surface area contributed by atoms with Crippen LogP contribution < -0.4 is 15.6 Å². The Hall–Kier alpha value is -4.07. The number of alkyl halides is 3. The molecule has 3 rings (SSSR count). The first-order chi connectivity index (χ1) is 14.7. The lowest BCUT2D eigenvalue weighted by atomic mass is 10.2. The molecule has 160 valence electrons. The molecule has 0 aliphatic rings. The van der Waals surface area contributed by atoms with Crippen LogP contribution in [-0.2, 0) is 22.3 Å². The Morgan fingerprint density at radius 2 is 1.84 bits per heavy atom. The fourth-order valence-corrected chi connectivity index (χ4v) is 2.73. The number of hydrazine groups is 1. The summed E-state index contributed by atoms with van der Waals surface area (Å²) in [6.07, 6.45) is -5.78. The van der Waals surface area contributed by atoms with Gasteiger partial charge < -0.3 is 9.30 Å². The average Bonchev–Trinajstić information content (AvgIpc) is 3.11. The number of aromatic nitrogens is 2. The SMILES string of the molecule is C[C@@H](Oc1ccc(C#N)cc1)C(=O)NNC(=O)Cn1c(C(F)(F)F)nc2ccccc21. The van der Waals surface area contributed by atoms with Gasteiger partial charge in [-0.3, -0.25) is 20.4 Å². The number of amides is 2. The van der Waals surface area contributed by atoms with Gasteiger partial charge in [-0.1, -0.05) is 12.1 Å². The standard InChI is InChI=1S/C20H16F3N5O3/c1-12(31-14-8-6-13(10-24)7-9-14)18(30)27-26-17(29)11-28-16-5-3-2-4-15(16)25-19(28)20(21,22)23/h2-9,12H,11H2,1H3,(H,26,29)(H,27,30)/t12-/m1/s1. The van der Waals surface area contributed by atoms with Crippen molar-refractivity contribution >= 4 is 22.8 Å². The lowest BCUT2D eigenvalue weighted by Gasteiger charge is -2.16. The maximum atomic E-state index is 13.3. The number of nitrogens with one attached hydrogen (secondary N) is 2. The number of nitrogens with zero attached hydrogens (tertiary/aromatic N) is 3.